The van der Waals surface area contributed by atoms with Crippen molar-refractivity contribution in [2.45, 2.75) is 27.2 Å². The monoisotopic (exact) mass is 364 g/mol. The van der Waals surface area contributed by atoms with Crippen LogP contribution < -0.4 is 5.56 Å². The van der Waals surface area contributed by atoms with Crippen LogP contribution in [0.3, 0.4) is 0 Å². The second-order valence-electron chi connectivity index (χ2n) is 6.24. The maximum atomic E-state index is 12.9. The molecule has 0 aliphatic heterocycles. The first kappa shape index (κ1) is 18.3. The minimum Gasteiger partial charge on any atom is -0.295 e. The van der Waals surface area contributed by atoms with E-state index in [1.165, 1.54) is 34.5 Å². The molecule has 138 valence electrons. The maximum Gasteiger partial charge on any atom is 0.280 e. The first-order chi connectivity index (χ1) is 12.9. The number of H-pyrrole nitrogens is 1. The van der Waals surface area contributed by atoms with E-state index in [9.17, 15) is 14.9 Å². The Morgan fingerprint density at radius 1 is 1.15 bits per heavy atom. The molecule has 3 aromatic rings. The summed E-state index contributed by atoms with van der Waals surface area (Å²) in [6.07, 6.45) is 0.958. The highest BCUT2D eigenvalue weighted by atomic mass is 16.6. The topological polar surface area (TPSA) is 93.3 Å². The molecule has 1 heterocycles. The predicted molar refractivity (Wildman–Crippen MR) is 105 cm³/mol. The van der Waals surface area contributed by atoms with E-state index < -0.39 is 4.92 Å². The Hall–Kier alpha value is -3.48. The van der Waals surface area contributed by atoms with Gasteiger partial charge in [0.15, 0.2) is 0 Å². The highest BCUT2D eigenvalue weighted by Gasteiger charge is 2.16. The van der Waals surface area contributed by atoms with Crippen molar-refractivity contribution < 1.29 is 4.92 Å². The third kappa shape index (κ3) is 3.72. The van der Waals surface area contributed by atoms with Crippen molar-refractivity contribution in [3.8, 4) is 5.69 Å². The number of benzene rings is 2. The number of nitro groups is 1. The van der Waals surface area contributed by atoms with Crippen LogP contribution in [-0.4, -0.2) is 20.4 Å². The zero-order valence-electron chi connectivity index (χ0n) is 15.4. The Bertz CT molecular complexity index is 1060. The molecule has 0 saturated carbocycles. The molecule has 1 aromatic heterocycles. The lowest BCUT2D eigenvalue weighted by Crippen LogP contribution is -2.19. The predicted octanol–water partition coefficient (Wildman–Crippen LogP) is 4.09. The van der Waals surface area contributed by atoms with E-state index in [1.807, 2.05) is 24.3 Å². The van der Waals surface area contributed by atoms with E-state index >= 15 is 0 Å². The molecule has 7 heteroatoms. The number of nitro benzene ring substituents is 1. The van der Waals surface area contributed by atoms with Gasteiger partial charge >= 0.3 is 0 Å². The summed E-state index contributed by atoms with van der Waals surface area (Å²) in [5, 5.41) is 13.8. The number of hydrogen-bond donors (Lipinski definition) is 1. The van der Waals surface area contributed by atoms with Gasteiger partial charge in [0.25, 0.3) is 11.2 Å². The van der Waals surface area contributed by atoms with Crippen LogP contribution in [0.15, 0.2) is 58.3 Å². The Kier molecular flexibility index (Phi) is 5.03. The number of aromatic amines is 1. The van der Waals surface area contributed by atoms with Crippen molar-refractivity contribution in [1.29, 1.82) is 0 Å². The number of aromatic nitrogens is 2. The summed E-state index contributed by atoms with van der Waals surface area (Å²) in [5.74, 6) is 0. The highest BCUT2D eigenvalue weighted by molar-refractivity contribution is 6.00. The molecule has 0 radical (unpaired) electrons. The van der Waals surface area contributed by atoms with Crippen molar-refractivity contribution in [2.75, 3.05) is 0 Å². The third-order valence-corrected chi connectivity index (χ3v) is 4.39. The molecule has 0 atom stereocenters. The van der Waals surface area contributed by atoms with Gasteiger partial charge < -0.3 is 0 Å². The molecular formula is C20H20N4O3. The largest absolute Gasteiger partial charge is 0.295 e. The lowest BCUT2D eigenvalue weighted by atomic mass is 10.1. The summed E-state index contributed by atoms with van der Waals surface area (Å²) in [4.78, 5) is 27.7. The van der Waals surface area contributed by atoms with Gasteiger partial charge in [-0.25, -0.2) is 4.68 Å². The number of hydrogen-bond acceptors (Lipinski definition) is 4. The number of nitrogens with zero attached hydrogens (tertiary/aromatic N) is 3. The fraction of sp³-hybridized carbons (Fsp3) is 0.200. The van der Waals surface area contributed by atoms with Crippen LogP contribution >= 0.6 is 0 Å². The first-order valence-electron chi connectivity index (χ1n) is 8.61. The first-order valence-corrected chi connectivity index (χ1v) is 8.61. The number of rotatable bonds is 5. The quantitative estimate of drug-likeness (QED) is 0.420. The minimum absolute atomic E-state index is 0.0245. The Labute approximate surface area is 156 Å². The van der Waals surface area contributed by atoms with Gasteiger partial charge in [-0.2, -0.15) is 0 Å². The molecule has 3 rings (SSSR count). The summed E-state index contributed by atoms with van der Waals surface area (Å²) in [6.45, 7) is 5.69. The fourth-order valence-electron chi connectivity index (χ4n) is 2.93. The van der Waals surface area contributed by atoms with Crippen LogP contribution in [-0.2, 0) is 6.42 Å². The zero-order chi connectivity index (χ0) is 19.6. The fourth-order valence-corrected chi connectivity index (χ4v) is 2.93. The van der Waals surface area contributed by atoms with E-state index in [0.29, 0.717) is 22.7 Å². The third-order valence-electron chi connectivity index (χ3n) is 4.39. The van der Waals surface area contributed by atoms with E-state index in [4.69, 9.17) is 0 Å². The molecule has 0 bridgehead atoms. The molecule has 7 nitrogen and oxygen atoms in total. The van der Waals surface area contributed by atoms with Crippen LogP contribution in [0.2, 0.25) is 0 Å². The second-order valence-corrected chi connectivity index (χ2v) is 6.24. The molecular weight excluding hydrogens is 344 g/mol. The SMILES string of the molecule is CCc1ccc(N=C(C)c2c(C)[nH]n(-c3ccc([N+](=O)[O-])cc3)c2=O)cc1. The molecule has 0 saturated heterocycles. The van der Waals surface area contributed by atoms with E-state index in [1.54, 1.807) is 13.8 Å². The smallest absolute Gasteiger partial charge is 0.280 e. The van der Waals surface area contributed by atoms with Gasteiger partial charge in [-0.15, -0.1) is 0 Å². The normalized spacial score (nSPS) is 11.6. The van der Waals surface area contributed by atoms with Gasteiger partial charge in [-0.05, 0) is 50.1 Å². The van der Waals surface area contributed by atoms with Crippen LogP contribution in [0.4, 0.5) is 11.4 Å². The molecule has 27 heavy (non-hydrogen) atoms. The second kappa shape index (κ2) is 7.41. The lowest BCUT2D eigenvalue weighted by Gasteiger charge is -2.01. The Morgan fingerprint density at radius 2 is 1.78 bits per heavy atom. The molecule has 0 aliphatic rings. The Balaban J connectivity index is 1.98. The van der Waals surface area contributed by atoms with Crippen LogP contribution in [0.25, 0.3) is 5.69 Å². The standard InChI is InChI=1S/C20H20N4O3/c1-4-15-5-7-16(8-6-15)21-13(2)19-14(3)22-23(20(19)25)17-9-11-18(12-10-17)24(26)27/h5-12,22H,4H2,1-3H3. The van der Waals surface area contributed by atoms with Gasteiger partial charge in [0.05, 0.1) is 27.6 Å². The summed E-state index contributed by atoms with van der Waals surface area (Å²) >= 11 is 0. The van der Waals surface area contributed by atoms with Gasteiger partial charge in [0.2, 0.25) is 0 Å². The number of aliphatic imine (C=N–C) groups is 1. The molecule has 0 unspecified atom stereocenters. The van der Waals surface area contributed by atoms with Gasteiger partial charge in [-0.3, -0.25) is 25.0 Å². The molecule has 0 fully saturated rings. The summed E-state index contributed by atoms with van der Waals surface area (Å²) < 4.78 is 1.37. The highest BCUT2D eigenvalue weighted by Crippen LogP contribution is 2.17. The molecule has 0 aliphatic carbocycles. The van der Waals surface area contributed by atoms with Crippen molar-refractivity contribution in [3.05, 3.63) is 85.8 Å². The number of aryl methyl sites for hydroxylation is 2. The number of nitrogens with one attached hydrogen (secondary N) is 1. The summed E-state index contributed by atoms with van der Waals surface area (Å²) in [7, 11) is 0. The average molecular weight is 364 g/mol. The number of non-ortho nitro benzene ring substituents is 1. The van der Waals surface area contributed by atoms with E-state index in [0.717, 1.165) is 12.1 Å². The van der Waals surface area contributed by atoms with Crippen molar-refractivity contribution in [2.24, 2.45) is 4.99 Å². The average Bonchev–Trinajstić information content (AvgIpc) is 2.96. The zero-order valence-corrected chi connectivity index (χ0v) is 15.4. The van der Waals surface area contributed by atoms with Gasteiger partial charge in [0, 0.05) is 17.8 Å². The van der Waals surface area contributed by atoms with Crippen molar-refractivity contribution in [3.63, 3.8) is 0 Å². The van der Waals surface area contributed by atoms with E-state index in [2.05, 4.69) is 17.0 Å². The van der Waals surface area contributed by atoms with Gasteiger partial charge in [-0.1, -0.05) is 19.1 Å². The Morgan fingerprint density at radius 3 is 2.33 bits per heavy atom. The molecule has 1 N–H and O–H groups in total. The molecule has 2 aromatic carbocycles. The van der Waals surface area contributed by atoms with Crippen LogP contribution in [0, 0.1) is 17.0 Å². The molecule has 0 amide bonds. The maximum absolute atomic E-state index is 12.9. The summed E-state index contributed by atoms with van der Waals surface area (Å²) in [5.41, 5.74) is 4.06. The lowest BCUT2D eigenvalue weighted by molar-refractivity contribution is -0.384. The van der Waals surface area contributed by atoms with Gasteiger partial charge in [0.1, 0.15) is 0 Å². The van der Waals surface area contributed by atoms with Crippen molar-refractivity contribution in [1.82, 2.24) is 9.78 Å². The van der Waals surface area contributed by atoms with Crippen LogP contribution in [0.1, 0.15) is 30.7 Å². The van der Waals surface area contributed by atoms with Crippen molar-refractivity contribution >= 4 is 17.1 Å². The summed E-state index contributed by atoms with van der Waals surface area (Å²) in [6, 6.07) is 13.7. The molecule has 0 spiro atoms. The van der Waals surface area contributed by atoms with Crippen LogP contribution in [0.5, 0.6) is 0 Å². The minimum atomic E-state index is -0.474. The van der Waals surface area contributed by atoms with E-state index in [-0.39, 0.29) is 11.2 Å².